The fourth-order valence-corrected chi connectivity index (χ4v) is 2.25. The first kappa shape index (κ1) is 18.3. The molecule has 0 spiro atoms. The summed E-state index contributed by atoms with van der Waals surface area (Å²) in [5, 5.41) is 21.8. The van der Waals surface area contributed by atoms with Crippen LogP contribution in [-0.2, 0) is 16.1 Å². The van der Waals surface area contributed by atoms with Gasteiger partial charge in [-0.25, -0.2) is 4.79 Å². The number of esters is 1. The molecule has 0 aliphatic heterocycles. The van der Waals surface area contributed by atoms with Gasteiger partial charge in [0.2, 0.25) is 0 Å². The van der Waals surface area contributed by atoms with Crippen LogP contribution in [0.25, 0.3) is 0 Å². The number of ether oxygens (including phenoxy) is 1. The molecule has 1 amide bonds. The van der Waals surface area contributed by atoms with E-state index in [1.807, 2.05) is 30.3 Å². The SMILES string of the molecule is CC(C)C(NC(=O)c1cccc(O)c1O)C(=O)OCc1ccccc1. The first-order valence-corrected chi connectivity index (χ1v) is 7.92. The molecule has 2 aromatic rings. The molecule has 2 aromatic carbocycles. The summed E-state index contributed by atoms with van der Waals surface area (Å²) in [6.07, 6.45) is 0. The number of phenolic OH excluding ortho intramolecular Hbond substituents is 2. The molecule has 0 radical (unpaired) electrons. The molecule has 0 aliphatic rings. The van der Waals surface area contributed by atoms with Crippen LogP contribution < -0.4 is 5.32 Å². The van der Waals surface area contributed by atoms with E-state index in [0.717, 1.165) is 5.56 Å². The third kappa shape index (κ3) is 4.73. The zero-order chi connectivity index (χ0) is 18.4. The van der Waals surface area contributed by atoms with Gasteiger partial charge in [0.1, 0.15) is 12.6 Å². The van der Waals surface area contributed by atoms with Gasteiger partial charge in [-0.15, -0.1) is 0 Å². The zero-order valence-electron chi connectivity index (χ0n) is 14.1. The number of phenols is 2. The Morgan fingerprint density at radius 3 is 2.36 bits per heavy atom. The lowest BCUT2D eigenvalue weighted by atomic mass is 10.0. The molecule has 0 fully saturated rings. The minimum atomic E-state index is -0.877. The summed E-state index contributed by atoms with van der Waals surface area (Å²) < 4.78 is 5.28. The second-order valence-electron chi connectivity index (χ2n) is 5.96. The molecule has 0 aromatic heterocycles. The molecule has 1 unspecified atom stereocenters. The predicted molar refractivity (Wildman–Crippen MR) is 92.1 cm³/mol. The van der Waals surface area contributed by atoms with Gasteiger partial charge in [-0.3, -0.25) is 4.79 Å². The normalized spacial score (nSPS) is 11.8. The van der Waals surface area contributed by atoms with Crippen LogP contribution in [-0.4, -0.2) is 28.1 Å². The molecule has 0 saturated carbocycles. The van der Waals surface area contributed by atoms with Crippen molar-refractivity contribution in [3.63, 3.8) is 0 Å². The molecule has 0 bridgehead atoms. The molecule has 6 nitrogen and oxygen atoms in total. The number of aromatic hydroxyl groups is 2. The number of carbonyl (C=O) groups is 2. The van der Waals surface area contributed by atoms with Crippen molar-refractivity contribution >= 4 is 11.9 Å². The molecule has 1 atom stereocenters. The van der Waals surface area contributed by atoms with Crippen molar-refractivity contribution in [2.75, 3.05) is 0 Å². The molecule has 25 heavy (non-hydrogen) atoms. The molecule has 0 saturated heterocycles. The Hall–Kier alpha value is -3.02. The van der Waals surface area contributed by atoms with Crippen LogP contribution in [0.1, 0.15) is 29.8 Å². The highest BCUT2D eigenvalue weighted by Crippen LogP contribution is 2.28. The lowest BCUT2D eigenvalue weighted by Crippen LogP contribution is -2.45. The molecule has 0 aliphatic carbocycles. The van der Waals surface area contributed by atoms with Crippen molar-refractivity contribution in [3.8, 4) is 11.5 Å². The maximum atomic E-state index is 12.3. The van der Waals surface area contributed by atoms with Gasteiger partial charge < -0.3 is 20.3 Å². The van der Waals surface area contributed by atoms with Gasteiger partial charge in [0, 0.05) is 0 Å². The Bertz CT molecular complexity index is 743. The number of benzene rings is 2. The lowest BCUT2D eigenvalue weighted by Gasteiger charge is -2.21. The van der Waals surface area contributed by atoms with Gasteiger partial charge in [-0.05, 0) is 23.6 Å². The first-order valence-electron chi connectivity index (χ1n) is 7.92. The highest BCUT2D eigenvalue weighted by molar-refractivity contribution is 5.99. The van der Waals surface area contributed by atoms with Crippen molar-refractivity contribution in [3.05, 3.63) is 59.7 Å². The predicted octanol–water partition coefficient (Wildman–Crippen LogP) is 2.60. The van der Waals surface area contributed by atoms with E-state index in [0.29, 0.717) is 0 Å². The Morgan fingerprint density at radius 1 is 1.04 bits per heavy atom. The number of carbonyl (C=O) groups excluding carboxylic acids is 2. The number of rotatable bonds is 6. The summed E-state index contributed by atoms with van der Waals surface area (Å²) in [7, 11) is 0. The quantitative estimate of drug-likeness (QED) is 0.553. The minimum Gasteiger partial charge on any atom is -0.504 e. The molecule has 132 valence electrons. The van der Waals surface area contributed by atoms with E-state index in [9.17, 15) is 19.8 Å². The van der Waals surface area contributed by atoms with Crippen LogP contribution >= 0.6 is 0 Å². The molecular formula is C19H21NO5. The summed E-state index contributed by atoms with van der Waals surface area (Å²) in [6, 6.07) is 12.4. The van der Waals surface area contributed by atoms with Crippen molar-refractivity contribution < 1.29 is 24.5 Å². The van der Waals surface area contributed by atoms with Crippen molar-refractivity contribution in [1.82, 2.24) is 5.32 Å². The highest BCUT2D eigenvalue weighted by Gasteiger charge is 2.27. The number of hydrogen-bond donors (Lipinski definition) is 3. The Kier molecular flexibility index (Phi) is 6.00. The van der Waals surface area contributed by atoms with Crippen molar-refractivity contribution in [1.29, 1.82) is 0 Å². The van der Waals surface area contributed by atoms with E-state index < -0.39 is 29.4 Å². The molecule has 6 heteroatoms. The first-order chi connectivity index (χ1) is 11.9. The Balaban J connectivity index is 2.06. The number of amides is 1. The minimum absolute atomic E-state index is 0.107. The fourth-order valence-electron chi connectivity index (χ4n) is 2.25. The van der Waals surface area contributed by atoms with Crippen LogP contribution in [0.15, 0.2) is 48.5 Å². The van der Waals surface area contributed by atoms with Gasteiger partial charge in [0.25, 0.3) is 5.91 Å². The maximum absolute atomic E-state index is 12.3. The standard InChI is InChI=1S/C19H21NO5/c1-12(2)16(19(24)25-11-13-7-4-3-5-8-13)20-18(23)14-9-6-10-15(21)17(14)22/h3-10,12,16,21-22H,11H2,1-2H3,(H,20,23). The number of para-hydroxylation sites is 1. The number of hydrogen-bond acceptors (Lipinski definition) is 5. The third-order valence-corrected chi connectivity index (χ3v) is 3.69. The van der Waals surface area contributed by atoms with Crippen LogP contribution in [0, 0.1) is 5.92 Å². The summed E-state index contributed by atoms with van der Waals surface area (Å²) in [5.74, 6) is -2.37. The van der Waals surface area contributed by atoms with Crippen molar-refractivity contribution in [2.45, 2.75) is 26.5 Å². The average molecular weight is 343 g/mol. The largest absolute Gasteiger partial charge is 0.504 e. The van der Waals surface area contributed by atoms with E-state index in [2.05, 4.69) is 5.32 Å². The summed E-state index contributed by atoms with van der Waals surface area (Å²) in [5.41, 5.74) is 0.733. The van der Waals surface area contributed by atoms with Crippen LogP contribution in [0.2, 0.25) is 0 Å². The summed E-state index contributed by atoms with van der Waals surface area (Å²) in [6.45, 7) is 3.66. The van der Waals surface area contributed by atoms with Gasteiger partial charge in [0.15, 0.2) is 11.5 Å². The fraction of sp³-hybridized carbons (Fsp3) is 0.263. The Morgan fingerprint density at radius 2 is 1.72 bits per heavy atom. The highest BCUT2D eigenvalue weighted by atomic mass is 16.5. The van der Waals surface area contributed by atoms with Crippen molar-refractivity contribution in [2.24, 2.45) is 5.92 Å². The Labute approximate surface area is 146 Å². The summed E-state index contributed by atoms with van der Waals surface area (Å²) >= 11 is 0. The number of nitrogens with one attached hydrogen (secondary N) is 1. The average Bonchev–Trinajstić information content (AvgIpc) is 2.60. The molecule has 3 N–H and O–H groups in total. The lowest BCUT2D eigenvalue weighted by molar-refractivity contribution is -0.148. The van der Waals surface area contributed by atoms with E-state index >= 15 is 0 Å². The van der Waals surface area contributed by atoms with Crippen LogP contribution in [0.4, 0.5) is 0 Å². The van der Waals surface area contributed by atoms with Gasteiger partial charge >= 0.3 is 5.97 Å². The summed E-state index contributed by atoms with van der Waals surface area (Å²) in [4.78, 5) is 24.6. The van der Waals surface area contributed by atoms with Crippen LogP contribution in [0.3, 0.4) is 0 Å². The van der Waals surface area contributed by atoms with E-state index in [-0.39, 0.29) is 18.1 Å². The third-order valence-electron chi connectivity index (χ3n) is 3.69. The smallest absolute Gasteiger partial charge is 0.329 e. The molecule has 2 rings (SSSR count). The van der Waals surface area contributed by atoms with E-state index in [1.165, 1.54) is 18.2 Å². The van der Waals surface area contributed by atoms with E-state index in [1.54, 1.807) is 13.8 Å². The second-order valence-corrected chi connectivity index (χ2v) is 5.96. The monoisotopic (exact) mass is 343 g/mol. The van der Waals surface area contributed by atoms with Gasteiger partial charge in [0.05, 0.1) is 5.56 Å². The second kappa shape index (κ2) is 8.19. The molecular weight excluding hydrogens is 322 g/mol. The van der Waals surface area contributed by atoms with E-state index in [4.69, 9.17) is 4.74 Å². The topological polar surface area (TPSA) is 95.9 Å². The van der Waals surface area contributed by atoms with Gasteiger partial charge in [-0.2, -0.15) is 0 Å². The molecule has 0 heterocycles. The maximum Gasteiger partial charge on any atom is 0.329 e. The zero-order valence-corrected chi connectivity index (χ0v) is 14.1. The van der Waals surface area contributed by atoms with Crippen LogP contribution in [0.5, 0.6) is 11.5 Å². The van der Waals surface area contributed by atoms with Gasteiger partial charge in [-0.1, -0.05) is 50.2 Å².